The first-order chi connectivity index (χ1) is 8.79. The second-order valence-electron chi connectivity index (χ2n) is 4.13. The fourth-order valence-corrected chi connectivity index (χ4v) is 3.25. The second-order valence-corrected chi connectivity index (χ2v) is 6.53. The Morgan fingerprint density at radius 2 is 1.95 bits per heavy atom. The number of aliphatic hydroxyl groups excluding tert-OH is 1. The molecule has 0 aliphatic heterocycles. The van der Waals surface area contributed by atoms with Crippen LogP contribution in [0.5, 0.6) is 0 Å². The Bertz CT molecular complexity index is 572. The van der Waals surface area contributed by atoms with Crippen molar-refractivity contribution in [2.24, 2.45) is 0 Å². The summed E-state index contributed by atoms with van der Waals surface area (Å²) < 4.78 is 38.7. The lowest BCUT2D eigenvalue weighted by atomic mass is 10.0. The molecule has 6 heteroatoms. The van der Waals surface area contributed by atoms with Gasteiger partial charge >= 0.3 is 6.18 Å². The van der Waals surface area contributed by atoms with Gasteiger partial charge in [0.15, 0.2) is 0 Å². The van der Waals surface area contributed by atoms with E-state index in [9.17, 15) is 18.3 Å². The van der Waals surface area contributed by atoms with E-state index >= 15 is 0 Å². The molecule has 0 radical (unpaired) electrons. The Morgan fingerprint density at radius 3 is 2.47 bits per heavy atom. The van der Waals surface area contributed by atoms with Crippen molar-refractivity contribution < 1.29 is 18.3 Å². The number of halogens is 4. The molecule has 0 fully saturated rings. The highest BCUT2D eigenvalue weighted by Crippen LogP contribution is 2.36. The molecule has 0 saturated heterocycles. The van der Waals surface area contributed by atoms with Gasteiger partial charge in [0.2, 0.25) is 0 Å². The lowest BCUT2D eigenvalue weighted by Crippen LogP contribution is -2.06. The van der Waals surface area contributed by atoms with Crippen molar-refractivity contribution in [2.45, 2.75) is 19.2 Å². The topological polar surface area (TPSA) is 20.2 Å². The molecule has 0 bridgehead atoms. The van der Waals surface area contributed by atoms with Crippen LogP contribution in [0.25, 0.3) is 0 Å². The summed E-state index contributed by atoms with van der Waals surface area (Å²) in [7, 11) is 0. The van der Waals surface area contributed by atoms with Gasteiger partial charge in [0.05, 0.1) is 9.35 Å². The van der Waals surface area contributed by atoms with E-state index < -0.39 is 17.8 Å². The highest BCUT2D eigenvalue weighted by Gasteiger charge is 2.31. The minimum atomic E-state index is -4.40. The van der Waals surface area contributed by atoms with Gasteiger partial charge in [-0.2, -0.15) is 13.2 Å². The minimum absolute atomic E-state index is 0.239. The van der Waals surface area contributed by atoms with Crippen LogP contribution >= 0.6 is 27.3 Å². The average Bonchev–Trinajstić information content (AvgIpc) is 2.68. The number of hydrogen-bond acceptors (Lipinski definition) is 2. The number of benzene rings is 1. The van der Waals surface area contributed by atoms with Crippen molar-refractivity contribution in [3.05, 3.63) is 55.7 Å². The van der Waals surface area contributed by atoms with E-state index in [0.717, 1.165) is 21.5 Å². The summed E-state index contributed by atoms with van der Waals surface area (Å²) in [6.07, 6.45) is -5.45. The monoisotopic (exact) mass is 350 g/mol. The zero-order chi connectivity index (χ0) is 14.2. The van der Waals surface area contributed by atoms with E-state index in [0.29, 0.717) is 4.88 Å². The fourth-order valence-electron chi connectivity index (χ4n) is 1.67. The maximum atomic E-state index is 12.6. The maximum Gasteiger partial charge on any atom is 0.416 e. The largest absolute Gasteiger partial charge is 0.416 e. The molecule has 2 aromatic rings. The van der Waals surface area contributed by atoms with Crippen molar-refractivity contribution in [1.29, 1.82) is 0 Å². The van der Waals surface area contributed by atoms with Gasteiger partial charge in [-0.15, -0.1) is 11.3 Å². The summed E-state index contributed by atoms with van der Waals surface area (Å²) in [5, 5.41) is 10.1. The van der Waals surface area contributed by atoms with Crippen LogP contribution in [0, 0.1) is 6.92 Å². The first-order valence-electron chi connectivity index (χ1n) is 5.40. The number of rotatable bonds is 2. The molecule has 0 amide bonds. The predicted octanol–water partition coefficient (Wildman–Crippen LogP) is 4.92. The number of thiophene rings is 1. The van der Waals surface area contributed by atoms with Crippen LogP contribution in [-0.2, 0) is 6.18 Å². The molecule has 1 nitrogen and oxygen atoms in total. The number of alkyl halides is 3. The second kappa shape index (κ2) is 5.26. The fraction of sp³-hybridized carbons (Fsp3) is 0.231. The first kappa shape index (κ1) is 14.6. The van der Waals surface area contributed by atoms with Crippen LogP contribution in [-0.4, -0.2) is 5.11 Å². The van der Waals surface area contributed by atoms with Crippen molar-refractivity contribution in [3.63, 3.8) is 0 Å². The van der Waals surface area contributed by atoms with Gasteiger partial charge < -0.3 is 5.11 Å². The molecule has 1 heterocycles. The first-order valence-corrected chi connectivity index (χ1v) is 7.01. The van der Waals surface area contributed by atoms with Gasteiger partial charge in [-0.1, -0.05) is 12.1 Å². The Labute approximate surface area is 120 Å². The standard InChI is InChI=1S/C13H10BrF3OS/c1-7-5-10(19-12(7)14)11(18)8-3-2-4-9(6-8)13(15,16)17/h2-6,11,18H,1H3. The molecule has 0 aliphatic carbocycles. The smallest absolute Gasteiger partial charge is 0.383 e. The number of hydrogen-bond donors (Lipinski definition) is 1. The van der Waals surface area contributed by atoms with Gasteiger partial charge in [0.1, 0.15) is 6.10 Å². The summed E-state index contributed by atoms with van der Waals surface area (Å²) in [5.74, 6) is 0. The molecule has 1 aromatic heterocycles. The van der Waals surface area contributed by atoms with Crippen molar-refractivity contribution >= 4 is 27.3 Å². The van der Waals surface area contributed by atoms with E-state index in [1.54, 1.807) is 6.07 Å². The average molecular weight is 351 g/mol. The minimum Gasteiger partial charge on any atom is -0.383 e. The van der Waals surface area contributed by atoms with Gasteiger partial charge in [-0.25, -0.2) is 0 Å². The number of aliphatic hydroxyl groups is 1. The third-order valence-electron chi connectivity index (χ3n) is 2.68. The molecule has 19 heavy (non-hydrogen) atoms. The van der Waals surface area contributed by atoms with Crippen LogP contribution in [0.2, 0.25) is 0 Å². The van der Waals surface area contributed by atoms with Gasteiger partial charge in [-0.05, 0) is 52.2 Å². The maximum absolute atomic E-state index is 12.6. The molecule has 0 spiro atoms. The Hall–Kier alpha value is -0.850. The Morgan fingerprint density at radius 1 is 1.26 bits per heavy atom. The zero-order valence-corrected chi connectivity index (χ0v) is 12.2. The number of aryl methyl sites for hydroxylation is 1. The Balaban J connectivity index is 2.36. The molecular formula is C13H10BrF3OS. The van der Waals surface area contributed by atoms with Crippen molar-refractivity contribution in [3.8, 4) is 0 Å². The van der Waals surface area contributed by atoms with E-state index in [2.05, 4.69) is 15.9 Å². The van der Waals surface area contributed by atoms with Crippen LogP contribution in [0.1, 0.15) is 27.7 Å². The van der Waals surface area contributed by atoms with Gasteiger partial charge in [0, 0.05) is 4.88 Å². The molecule has 0 saturated carbocycles. The highest BCUT2D eigenvalue weighted by molar-refractivity contribution is 9.11. The van der Waals surface area contributed by atoms with Crippen LogP contribution in [0.15, 0.2) is 34.1 Å². The third-order valence-corrected chi connectivity index (χ3v) is 4.86. The normalized spacial score (nSPS) is 13.6. The van der Waals surface area contributed by atoms with Gasteiger partial charge in [-0.3, -0.25) is 0 Å². The van der Waals surface area contributed by atoms with Gasteiger partial charge in [0.25, 0.3) is 0 Å². The summed E-state index contributed by atoms with van der Waals surface area (Å²) in [6.45, 7) is 1.86. The van der Waals surface area contributed by atoms with E-state index in [-0.39, 0.29) is 5.56 Å². The lowest BCUT2D eigenvalue weighted by Gasteiger charge is -2.12. The van der Waals surface area contributed by atoms with E-state index in [1.807, 2.05) is 6.92 Å². The SMILES string of the molecule is Cc1cc(C(O)c2cccc(C(F)(F)F)c2)sc1Br. The molecule has 2 rings (SSSR count). The zero-order valence-electron chi connectivity index (χ0n) is 9.83. The third kappa shape index (κ3) is 3.19. The summed E-state index contributed by atoms with van der Waals surface area (Å²) in [4.78, 5) is 0.615. The van der Waals surface area contributed by atoms with Crippen molar-refractivity contribution in [1.82, 2.24) is 0 Å². The summed E-state index contributed by atoms with van der Waals surface area (Å²) >= 11 is 4.65. The molecule has 1 atom stereocenters. The summed E-state index contributed by atoms with van der Waals surface area (Å²) in [6, 6.07) is 6.53. The van der Waals surface area contributed by atoms with E-state index in [1.165, 1.54) is 23.5 Å². The Kier molecular flexibility index (Phi) is 4.03. The van der Waals surface area contributed by atoms with Crippen LogP contribution < -0.4 is 0 Å². The molecule has 1 unspecified atom stereocenters. The summed E-state index contributed by atoms with van der Waals surface area (Å²) in [5.41, 5.74) is 0.436. The highest BCUT2D eigenvalue weighted by atomic mass is 79.9. The van der Waals surface area contributed by atoms with Crippen LogP contribution in [0.3, 0.4) is 0 Å². The predicted molar refractivity (Wildman–Crippen MR) is 72.3 cm³/mol. The quantitative estimate of drug-likeness (QED) is 0.814. The molecule has 1 N–H and O–H groups in total. The molecule has 102 valence electrons. The molecular weight excluding hydrogens is 341 g/mol. The van der Waals surface area contributed by atoms with Crippen LogP contribution in [0.4, 0.5) is 13.2 Å². The van der Waals surface area contributed by atoms with Crippen molar-refractivity contribution in [2.75, 3.05) is 0 Å². The molecule has 0 aliphatic rings. The van der Waals surface area contributed by atoms with E-state index in [4.69, 9.17) is 0 Å². The lowest BCUT2D eigenvalue weighted by molar-refractivity contribution is -0.137. The molecule has 1 aromatic carbocycles.